The normalized spacial score (nSPS) is 23.2. The van der Waals surface area contributed by atoms with E-state index in [1.807, 2.05) is 0 Å². The summed E-state index contributed by atoms with van der Waals surface area (Å²) in [6, 6.07) is 0.779. The van der Waals surface area contributed by atoms with Crippen LogP contribution in [0.3, 0.4) is 0 Å². The van der Waals surface area contributed by atoms with E-state index in [9.17, 15) is 0 Å². The topological polar surface area (TPSA) is 18.5 Å². The van der Waals surface area contributed by atoms with Gasteiger partial charge in [0.2, 0.25) is 0 Å². The van der Waals surface area contributed by atoms with Crippen LogP contribution in [0.5, 0.6) is 0 Å². The van der Waals surface area contributed by atoms with Crippen molar-refractivity contribution < 1.29 is 0 Å². The van der Waals surface area contributed by atoms with Crippen molar-refractivity contribution in [2.75, 3.05) is 46.3 Å². The molecule has 1 atom stereocenters. The molecule has 18 heavy (non-hydrogen) atoms. The van der Waals surface area contributed by atoms with Crippen molar-refractivity contribution in [1.82, 2.24) is 15.1 Å². The van der Waals surface area contributed by atoms with Gasteiger partial charge in [0, 0.05) is 12.6 Å². The summed E-state index contributed by atoms with van der Waals surface area (Å²) in [6.07, 6.45) is 6.54. The average Bonchev–Trinajstić information content (AvgIpc) is 2.55. The zero-order chi connectivity index (χ0) is 13.2. The standard InChI is InChI=1S/C15H33N3/c1-4-9-16-10-6-7-12-18-13-8-11-17(3)14-15(18)5-2/h15-16H,4-14H2,1-3H3. The van der Waals surface area contributed by atoms with Crippen molar-refractivity contribution in [3.63, 3.8) is 0 Å². The molecule has 1 N–H and O–H groups in total. The molecule has 3 heteroatoms. The molecule has 1 fully saturated rings. The molecule has 0 aromatic carbocycles. The maximum atomic E-state index is 3.49. The summed E-state index contributed by atoms with van der Waals surface area (Å²) in [5.41, 5.74) is 0. The summed E-state index contributed by atoms with van der Waals surface area (Å²) >= 11 is 0. The molecule has 1 saturated heterocycles. The number of hydrogen-bond donors (Lipinski definition) is 1. The Labute approximate surface area is 114 Å². The first-order valence-corrected chi connectivity index (χ1v) is 7.91. The highest BCUT2D eigenvalue weighted by Gasteiger charge is 2.20. The Balaban J connectivity index is 2.17. The van der Waals surface area contributed by atoms with Crippen molar-refractivity contribution in [1.29, 1.82) is 0 Å². The van der Waals surface area contributed by atoms with E-state index in [1.165, 1.54) is 71.4 Å². The second-order valence-corrected chi connectivity index (χ2v) is 5.67. The zero-order valence-electron chi connectivity index (χ0n) is 12.7. The van der Waals surface area contributed by atoms with Gasteiger partial charge in [-0.25, -0.2) is 0 Å². The van der Waals surface area contributed by atoms with Crippen LogP contribution in [0.4, 0.5) is 0 Å². The van der Waals surface area contributed by atoms with Crippen LogP contribution in [-0.4, -0.2) is 62.2 Å². The lowest BCUT2D eigenvalue weighted by Gasteiger charge is -2.30. The third-order valence-corrected chi connectivity index (χ3v) is 3.97. The molecule has 1 aliphatic heterocycles. The van der Waals surface area contributed by atoms with Crippen molar-refractivity contribution in [3.8, 4) is 0 Å². The molecule has 0 saturated carbocycles. The summed E-state index contributed by atoms with van der Waals surface area (Å²) in [5, 5.41) is 3.49. The van der Waals surface area contributed by atoms with Gasteiger partial charge in [0.1, 0.15) is 0 Å². The van der Waals surface area contributed by atoms with Gasteiger partial charge < -0.3 is 10.2 Å². The van der Waals surface area contributed by atoms with E-state index in [1.54, 1.807) is 0 Å². The Bertz CT molecular complexity index is 196. The van der Waals surface area contributed by atoms with E-state index in [2.05, 4.69) is 36.0 Å². The van der Waals surface area contributed by atoms with E-state index >= 15 is 0 Å². The van der Waals surface area contributed by atoms with Gasteiger partial charge >= 0.3 is 0 Å². The van der Waals surface area contributed by atoms with E-state index in [0.29, 0.717) is 0 Å². The minimum absolute atomic E-state index is 0.779. The number of rotatable bonds is 8. The minimum atomic E-state index is 0.779. The largest absolute Gasteiger partial charge is 0.317 e. The minimum Gasteiger partial charge on any atom is -0.317 e. The molecule has 0 spiro atoms. The van der Waals surface area contributed by atoms with Crippen LogP contribution in [0.25, 0.3) is 0 Å². The van der Waals surface area contributed by atoms with E-state index in [4.69, 9.17) is 0 Å². The fraction of sp³-hybridized carbons (Fsp3) is 1.00. The van der Waals surface area contributed by atoms with E-state index in [-0.39, 0.29) is 0 Å². The van der Waals surface area contributed by atoms with Gasteiger partial charge in [-0.15, -0.1) is 0 Å². The maximum absolute atomic E-state index is 3.49. The van der Waals surface area contributed by atoms with Crippen molar-refractivity contribution in [2.24, 2.45) is 0 Å². The molecule has 108 valence electrons. The van der Waals surface area contributed by atoms with Crippen LogP contribution >= 0.6 is 0 Å². The molecule has 0 aromatic rings. The molecule has 0 aromatic heterocycles. The van der Waals surface area contributed by atoms with Crippen LogP contribution in [0.2, 0.25) is 0 Å². The maximum Gasteiger partial charge on any atom is 0.0220 e. The lowest BCUT2D eigenvalue weighted by Crippen LogP contribution is -2.40. The van der Waals surface area contributed by atoms with Gasteiger partial charge in [-0.2, -0.15) is 0 Å². The number of hydrogen-bond acceptors (Lipinski definition) is 3. The third kappa shape index (κ3) is 6.17. The molecule has 1 unspecified atom stereocenters. The summed E-state index contributed by atoms with van der Waals surface area (Å²) < 4.78 is 0. The van der Waals surface area contributed by atoms with Gasteiger partial charge in [-0.05, 0) is 71.9 Å². The fourth-order valence-corrected chi connectivity index (χ4v) is 2.84. The Hall–Kier alpha value is -0.120. The molecule has 1 aliphatic rings. The smallest absolute Gasteiger partial charge is 0.0220 e. The van der Waals surface area contributed by atoms with Crippen molar-refractivity contribution in [3.05, 3.63) is 0 Å². The Morgan fingerprint density at radius 3 is 2.67 bits per heavy atom. The summed E-state index contributed by atoms with van der Waals surface area (Å²) in [7, 11) is 2.26. The number of unbranched alkanes of at least 4 members (excludes halogenated alkanes) is 1. The second kappa shape index (κ2) is 9.76. The van der Waals surface area contributed by atoms with Crippen molar-refractivity contribution in [2.45, 2.75) is 52.0 Å². The second-order valence-electron chi connectivity index (χ2n) is 5.67. The van der Waals surface area contributed by atoms with Crippen LogP contribution in [0, 0.1) is 0 Å². The quantitative estimate of drug-likeness (QED) is 0.671. The Morgan fingerprint density at radius 1 is 1.11 bits per heavy atom. The number of likely N-dealkylation sites (N-methyl/N-ethyl adjacent to an activating group) is 1. The molecule has 0 bridgehead atoms. The van der Waals surface area contributed by atoms with Crippen LogP contribution in [-0.2, 0) is 0 Å². The monoisotopic (exact) mass is 255 g/mol. The van der Waals surface area contributed by atoms with Gasteiger partial charge in [0.15, 0.2) is 0 Å². The lowest BCUT2D eigenvalue weighted by molar-refractivity contribution is 0.180. The molecular formula is C15H33N3. The Morgan fingerprint density at radius 2 is 1.94 bits per heavy atom. The average molecular weight is 255 g/mol. The number of nitrogens with zero attached hydrogens (tertiary/aromatic N) is 2. The number of nitrogens with one attached hydrogen (secondary N) is 1. The first-order chi connectivity index (χ1) is 8.77. The molecule has 0 aliphatic carbocycles. The van der Waals surface area contributed by atoms with E-state index in [0.717, 1.165) is 6.04 Å². The molecule has 3 nitrogen and oxygen atoms in total. The van der Waals surface area contributed by atoms with Gasteiger partial charge in [-0.1, -0.05) is 13.8 Å². The highest BCUT2D eigenvalue weighted by atomic mass is 15.2. The summed E-state index contributed by atoms with van der Waals surface area (Å²) in [5.74, 6) is 0. The highest BCUT2D eigenvalue weighted by Crippen LogP contribution is 2.12. The van der Waals surface area contributed by atoms with Gasteiger partial charge in [-0.3, -0.25) is 4.90 Å². The first kappa shape index (κ1) is 15.9. The summed E-state index contributed by atoms with van der Waals surface area (Å²) in [4.78, 5) is 5.22. The Kier molecular flexibility index (Phi) is 8.64. The molecule has 1 heterocycles. The highest BCUT2D eigenvalue weighted by molar-refractivity contribution is 4.77. The fourth-order valence-electron chi connectivity index (χ4n) is 2.84. The molecule has 1 rings (SSSR count). The summed E-state index contributed by atoms with van der Waals surface area (Å²) in [6.45, 7) is 12.0. The lowest BCUT2D eigenvalue weighted by atomic mass is 10.1. The van der Waals surface area contributed by atoms with Crippen LogP contribution < -0.4 is 5.32 Å². The third-order valence-electron chi connectivity index (χ3n) is 3.97. The zero-order valence-corrected chi connectivity index (χ0v) is 12.7. The first-order valence-electron chi connectivity index (χ1n) is 7.91. The predicted octanol–water partition coefficient (Wildman–Crippen LogP) is 2.18. The molecular weight excluding hydrogens is 222 g/mol. The molecule has 0 amide bonds. The SMILES string of the molecule is CCCNCCCCN1CCCN(C)CC1CC. The predicted molar refractivity (Wildman–Crippen MR) is 80.2 cm³/mol. The van der Waals surface area contributed by atoms with Gasteiger partial charge in [0.25, 0.3) is 0 Å². The van der Waals surface area contributed by atoms with Crippen LogP contribution in [0.1, 0.15) is 46.0 Å². The molecule has 0 radical (unpaired) electrons. The van der Waals surface area contributed by atoms with Crippen molar-refractivity contribution >= 4 is 0 Å². The van der Waals surface area contributed by atoms with E-state index < -0.39 is 0 Å². The van der Waals surface area contributed by atoms with Gasteiger partial charge in [0.05, 0.1) is 0 Å². The van der Waals surface area contributed by atoms with Crippen LogP contribution in [0.15, 0.2) is 0 Å².